The Hall–Kier alpha value is -2.05. The van der Waals surface area contributed by atoms with Crippen LogP contribution in [0.15, 0.2) is 48.5 Å². The number of hydrogen-bond donors (Lipinski definition) is 2. The SMILES string of the molecule is Nc1n(CC(=O)O)c2ccccc2[n+]1Cc1ccc(Cl)cc1.[Br-]. The van der Waals surface area contributed by atoms with Crippen molar-refractivity contribution in [1.82, 2.24) is 4.57 Å². The smallest absolute Gasteiger partial charge is 0.356 e. The Labute approximate surface area is 148 Å². The Kier molecular flexibility index (Phi) is 5.28. The van der Waals surface area contributed by atoms with Crippen LogP contribution in [0.3, 0.4) is 0 Å². The van der Waals surface area contributed by atoms with Gasteiger partial charge in [-0.3, -0.25) is 5.73 Å². The van der Waals surface area contributed by atoms with E-state index >= 15 is 0 Å². The summed E-state index contributed by atoms with van der Waals surface area (Å²) in [5.74, 6) is -0.510. The predicted molar refractivity (Wildman–Crippen MR) is 84.7 cm³/mol. The van der Waals surface area contributed by atoms with Gasteiger partial charge < -0.3 is 22.1 Å². The number of nitrogen functional groups attached to an aromatic ring is 1. The molecule has 0 unspecified atom stereocenters. The lowest BCUT2D eigenvalue weighted by Crippen LogP contribution is -3.00. The maximum Gasteiger partial charge on any atom is 0.356 e. The van der Waals surface area contributed by atoms with Crippen molar-refractivity contribution >= 4 is 34.6 Å². The summed E-state index contributed by atoms with van der Waals surface area (Å²) < 4.78 is 3.51. The molecule has 23 heavy (non-hydrogen) atoms. The number of imidazole rings is 1. The van der Waals surface area contributed by atoms with E-state index in [0.29, 0.717) is 17.5 Å². The number of halogens is 2. The molecule has 0 bridgehead atoms. The first-order chi connectivity index (χ1) is 10.6. The fraction of sp³-hybridized carbons (Fsp3) is 0.125. The normalized spacial score (nSPS) is 10.5. The average molecular weight is 397 g/mol. The fourth-order valence-corrected chi connectivity index (χ4v) is 2.68. The second kappa shape index (κ2) is 7.02. The van der Waals surface area contributed by atoms with Crippen molar-refractivity contribution in [3.8, 4) is 0 Å². The number of nitrogens with zero attached hydrogens (tertiary/aromatic N) is 2. The molecule has 0 radical (unpaired) electrons. The van der Waals surface area contributed by atoms with E-state index < -0.39 is 5.97 Å². The van der Waals surface area contributed by atoms with Crippen LogP contribution in [0.4, 0.5) is 5.95 Å². The van der Waals surface area contributed by atoms with E-state index in [1.807, 2.05) is 53.1 Å². The summed E-state index contributed by atoms with van der Waals surface area (Å²) in [4.78, 5) is 11.1. The van der Waals surface area contributed by atoms with Crippen molar-refractivity contribution in [2.75, 3.05) is 5.73 Å². The standard InChI is InChI=1S/C16H14ClN3O2.BrH/c17-12-7-5-11(6-8-12)9-19-13-3-1-2-4-14(13)20(16(19)18)10-15(21)22;/h1-8,18H,9-10H2,(H,21,22);1H. The Morgan fingerprint density at radius 3 is 2.48 bits per heavy atom. The zero-order chi connectivity index (χ0) is 15.7. The lowest BCUT2D eigenvalue weighted by atomic mass is 10.2. The molecule has 1 aromatic heterocycles. The molecule has 1 heterocycles. The monoisotopic (exact) mass is 395 g/mol. The number of benzene rings is 2. The van der Waals surface area contributed by atoms with Crippen molar-refractivity contribution < 1.29 is 31.4 Å². The average Bonchev–Trinajstić information content (AvgIpc) is 2.75. The van der Waals surface area contributed by atoms with Crippen LogP contribution in [0.25, 0.3) is 11.0 Å². The van der Waals surface area contributed by atoms with Crippen molar-refractivity contribution in [3.05, 3.63) is 59.1 Å². The highest BCUT2D eigenvalue weighted by molar-refractivity contribution is 6.30. The van der Waals surface area contributed by atoms with E-state index in [9.17, 15) is 4.79 Å². The molecule has 2 aromatic carbocycles. The molecule has 3 rings (SSSR count). The molecule has 5 nitrogen and oxygen atoms in total. The second-order valence-corrected chi connectivity index (χ2v) is 5.48. The quantitative estimate of drug-likeness (QED) is 0.573. The van der Waals surface area contributed by atoms with E-state index in [1.165, 1.54) is 0 Å². The van der Waals surface area contributed by atoms with Crippen LogP contribution in [-0.2, 0) is 17.9 Å². The Morgan fingerprint density at radius 2 is 1.83 bits per heavy atom. The van der Waals surface area contributed by atoms with Crippen LogP contribution in [-0.4, -0.2) is 15.6 Å². The van der Waals surface area contributed by atoms with E-state index in [1.54, 1.807) is 4.57 Å². The minimum absolute atomic E-state index is 0. The summed E-state index contributed by atoms with van der Waals surface area (Å²) in [6.45, 7) is 0.385. The van der Waals surface area contributed by atoms with Gasteiger partial charge in [-0.15, -0.1) is 0 Å². The fourth-order valence-electron chi connectivity index (χ4n) is 2.55. The molecular weight excluding hydrogens is 382 g/mol. The van der Waals surface area contributed by atoms with Gasteiger partial charge >= 0.3 is 11.9 Å². The van der Waals surface area contributed by atoms with Crippen molar-refractivity contribution in [2.24, 2.45) is 0 Å². The van der Waals surface area contributed by atoms with Crippen molar-refractivity contribution in [3.63, 3.8) is 0 Å². The zero-order valence-corrected chi connectivity index (χ0v) is 14.5. The van der Waals surface area contributed by atoms with Crippen LogP contribution in [0.2, 0.25) is 5.02 Å². The summed E-state index contributed by atoms with van der Waals surface area (Å²) >= 11 is 5.90. The van der Waals surface area contributed by atoms with Gasteiger partial charge in [0.25, 0.3) is 0 Å². The molecular formula is C16H15BrClN3O2. The van der Waals surface area contributed by atoms with Gasteiger partial charge in [-0.25, -0.2) is 13.9 Å². The maximum atomic E-state index is 11.1. The third kappa shape index (κ3) is 3.48. The first kappa shape index (κ1) is 17.3. The number of carbonyl (C=O) groups is 1. The third-order valence-corrected chi connectivity index (χ3v) is 3.82. The molecule has 0 amide bonds. The molecule has 3 N–H and O–H groups in total. The van der Waals surface area contributed by atoms with E-state index in [4.69, 9.17) is 22.4 Å². The maximum absolute atomic E-state index is 11.1. The third-order valence-electron chi connectivity index (χ3n) is 3.56. The zero-order valence-electron chi connectivity index (χ0n) is 12.1. The molecule has 3 aromatic rings. The van der Waals surface area contributed by atoms with Gasteiger partial charge in [0.05, 0.1) is 6.54 Å². The second-order valence-electron chi connectivity index (χ2n) is 5.04. The summed E-state index contributed by atoms with van der Waals surface area (Å²) in [6, 6.07) is 15.1. The largest absolute Gasteiger partial charge is 1.00 e. The number of rotatable bonds is 4. The molecule has 0 saturated carbocycles. The highest BCUT2D eigenvalue weighted by Gasteiger charge is 2.22. The summed E-state index contributed by atoms with van der Waals surface area (Å²) in [5.41, 5.74) is 8.92. The number of anilines is 1. The van der Waals surface area contributed by atoms with E-state index in [2.05, 4.69) is 0 Å². The van der Waals surface area contributed by atoms with Gasteiger partial charge in [0.1, 0.15) is 11.0 Å². The van der Waals surface area contributed by atoms with Crippen LogP contribution in [0, 0.1) is 0 Å². The van der Waals surface area contributed by atoms with Gasteiger partial charge in [-0.2, -0.15) is 0 Å². The number of nitrogens with two attached hydrogens (primary N) is 1. The highest BCUT2D eigenvalue weighted by Crippen LogP contribution is 2.17. The van der Waals surface area contributed by atoms with Crippen molar-refractivity contribution in [1.29, 1.82) is 0 Å². The summed E-state index contributed by atoms with van der Waals surface area (Å²) in [6.07, 6.45) is 0. The van der Waals surface area contributed by atoms with Crippen LogP contribution < -0.4 is 27.3 Å². The minimum atomic E-state index is -0.925. The minimum Gasteiger partial charge on any atom is -1.00 e. The van der Waals surface area contributed by atoms with Gasteiger partial charge in [0.15, 0.2) is 6.54 Å². The van der Waals surface area contributed by atoms with Gasteiger partial charge in [-0.1, -0.05) is 35.9 Å². The van der Waals surface area contributed by atoms with E-state index in [-0.39, 0.29) is 23.5 Å². The number of para-hydroxylation sites is 2. The Morgan fingerprint density at radius 1 is 1.17 bits per heavy atom. The molecule has 7 heteroatoms. The number of fused-ring (bicyclic) bond motifs is 1. The Bertz CT molecular complexity index is 846. The van der Waals surface area contributed by atoms with Gasteiger partial charge in [0.2, 0.25) is 0 Å². The molecule has 0 aliphatic heterocycles. The lowest BCUT2D eigenvalue weighted by molar-refractivity contribution is -0.648. The van der Waals surface area contributed by atoms with Crippen molar-refractivity contribution in [2.45, 2.75) is 13.1 Å². The molecule has 0 spiro atoms. The Balaban J connectivity index is 0.00000192. The van der Waals surface area contributed by atoms with Crippen LogP contribution >= 0.6 is 11.6 Å². The molecule has 0 fully saturated rings. The number of hydrogen-bond acceptors (Lipinski definition) is 2. The molecule has 0 aliphatic rings. The lowest BCUT2D eigenvalue weighted by Gasteiger charge is -2.02. The highest BCUT2D eigenvalue weighted by atomic mass is 79.9. The topological polar surface area (TPSA) is 72.1 Å². The van der Waals surface area contributed by atoms with Crippen LogP contribution in [0.1, 0.15) is 5.56 Å². The van der Waals surface area contributed by atoms with Gasteiger partial charge in [-0.05, 0) is 29.8 Å². The summed E-state index contributed by atoms with van der Waals surface area (Å²) in [7, 11) is 0. The van der Waals surface area contributed by atoms with Crippen LogP contribution in [0.5, 0.6) is 0 Å². The number of aromatic nitrogens is 2. The molecule has 0 aliphatic carbocycles. The molecule has 0 atom stereocenters. The first-order valence-electron chi connectivity index (χ1n) is 6.79. The molecule has 0 saturated heterocycles. The van der Waals surface area contributed by atoms with E-state index in [0.717, 1.165) is 16.6 Å². The van der Waals surface area contributed by atoms with Gasteiger partial charge in [0, 0.05) is 5.02 Å². The number of carboxylic acids is 1. The number of carboxylic acid groups (broad SMARTS) is 1. The predicted octanol–water partition coefficient (Wildman–Crippen LogP) is -0.699. The summed E-state index contributed by atoms with van der Waals surface area (Å²) in [5, 5.41) is 9.76. The first-order valence-corrected chi connectivity index (χ1v) is 7.17. The molecule has 120 valence electrons. The number of aliphatic carboxylic acids is 1.